The van der Waals surface area contributed by atoms with Crippen LogP contribution >= 0.6 is 8.60 Å². The van der Waals surface area contributed by atoms with Crippen LogP contribution in [0.25, 0.3) is 0 Å². The SMILES string of the molecule is CC(C)(C)CC(C)(C)CC(=O)OCCCOP(O)OCCN. The van der Waals surface area contributed by atoms with Crippen molar-refractivity contribution in [3.8, 4) is 0 Å². The summed E-state index contributed by atoms with van der Waals surface area (Å²) in [4.78, 5) is 21.1. The van der Waals surface area contributed by atoms with Crippen LogP contribution in [0.2, 0.25) is 0 Å². The standard InChI is InChI=1S/C15H32NO5P/c1-14(2,3)12-15(4,5)11-13(17)19-8-6-9-20-22(18)21-10-7-16/h18H,6-12,16H2,1-5H3. The molecule has 132 valence electrons. The van der Waals surface area contributed by atoms with Gasteiger partial charge >= 0.3 is 14.6 Å². The van der Waals surface area contributed by atoms with Gasteiger partial charge in [-0.15, -0.1) is 0 Å². The van der Waals surface area contributed by atoms with E-state index in [9.17, 15) is 9.69 Å². The predicted molar refractivity (Wildman–Crippen MR) is 88.1 cm³/mol. The zero-order valence-electron chi connectivity index (χ0n) is 14.6. The van der Waals surface area contributed by atoms with Crippen LogP contribution in [0.1, 0.15) is 53.9 Å². The van der Waals surface area contributed by atoms with Crippen LogP contribution in [0.4, 0.5) is 0 Å². The van der Waals surface area contributed by atoms with Crippen molar-refractivity contribution in [1.29, 1.82) is 0 Å². The number of esters is 1. The Hall–Kier alpha value is -0.260. The minimum Gasteiger partial charge on any atom is -0.466 e. The Bertz CT molecular complexity index is 318. The van der Waals surface area contributed by atoms with Crippen LogP contribution in [0.5, 0.6) is 0 Å². The minimum atomic E-state index is -1.88. The summed E-state index contributed by atoms with van der Waals surface area (Å²) < 4.78 is 15.1. The van der Waals surface area contributed by atoms with Crippen molar-refractivity contribution in [2.24, 2.45) is 16.6 Å². The molecule has 0 fully saturated rings. The Kier molecular flexibility index (Phi) is 10.4. The second kappa shape index (κ2) is 10.5. The van der Waals surface area contributed by atoms with Crippen LogP contribution in [0.15, 0.2) is 0 Å². The average Bonchev–Trinajstić information content (AvgIpc) is 2.32. The summed E-state index contributed by atoms with van der Waals surface area (Å²) in [6.45, 7) is 11.8. The summed E-state index contributed by atoms with van der Waals surface area (Å²) in [5.41, 5.74) is 5.33. The molecular weight excluding hydrogens is 305 g/mol. The number of nitrogens with two attached hydrogens (primary N) is 1. The first-order valence-corrected chi connectivity index (χ1v) is 8.79. The Morgan fingerprint density at radius 1 is 1.09 bits per heavy atom. The van der Waals surface area contributed by atoms with Crippen LogP contribution < -0.4 is 5.73 Å². The normalized spacial score (nSPS) is 14.0. The summed E-state index contributed by atoms with van der Waals surface area (Å²) in [5, 5.41) is 0. The molecule has 0 spiro atoms. The second-order valence-corrected chi connectivity index (χ2v) is 8.34. The molecular formula is C15H32NO5P. The fraction of sp³-hybridized carbons (Fsp3) is 0.933. The van der Waals surface area contributed by atoms with Gasteiger partial charge in [0.05, 0.1) is 26.2 Å². The number of hydrogen-bond donors (Lipinski definition) is 2. The largest absolute Gasteiger partial charge is 0.466 e. The molecule has 1 unspecified atom stereocenters. The van der Waals surface area contributed by atoms with Gasteiger partial charge in [-0.1, -0.05) is 34.6 Å². The molecule has 0 saturated carbocycles. The van der Waals surface area contributed by atoms with Gasteiger partial charge in [0.2, 0.25) is 0 Å². The average molecular weight is 337 g/mol. The highest BCUT2D eigenvalue weighted by atomic mass is 31.2. The maximum absolute atomic E-state index is 11.8. The minimum absolute atomic E-state index is 0.0820. The molecule has 7 heteroatoms. The van der Waals surface area contributed by atoms with E-state index in [1.165, 1.54) is 0 Å². The number of hydrogen-bond acceptors (Lipinski definition) is 6. The van der Waals surface area contributed by atoms with Crippen molar-refractivity contribution in [2.45, 2.75) is 53.9 Å². The molecule has 0 radical (unpaired) electrons. The van der Waals surface area contributed by atoms with Crippen molar-refractivity contribution in [2.75, 3.05) is 26.4 Å². The highest BCUT2D eigenvalue weighted by Gasteiger charge is 2.28. The Balaban J connectivity index is 3.78. The van der Waals surface area contributed by atoms with E-state index in [0.29, 0.717) is 19.4 Å². The molecule has 6 nitrogen and oxygen atoms in total. The lowest BCUT2D eigenvalue weighted by Crippen LogP contribution is -2.25. The van der Waals surface area contributed by atoms with Crippen molar-refractivity contribution >= 4 is 14.6 Å². The van der Waals surface area contributed by atoms with E-state index in [4.69, 9.17) is 19.5 Å². The van der Waals surface area contributed by atoms with Gasteiger partial charge in [0, 0.05) is 13.0 Å². The fourth-order valence-corrected chi connectivity index (χ4v) is 3.12. The number of carbonyl (C=O) groups is 1. The van der Waals surface area contributed by atoms with E-state index in [-0.39, 0.29) is 36.6 Å². The van der Waals surface area contributed by atoms with Gasteiger partial charge in [0.25, 0.3) is 0 Å². The first-order chi connectivity index (χ1) is 10.1. The smallest absolute Gasteiger partial charge is 0.329 e. The van der Waals surface area contributed by atoms with Gasteiger partial charge in [0.1, 0.15) is 0 Å². The summed E-state index contributed by atoms with van der Waals surface area (Å²) in [5.74, 6) is -0.195. The molecule has 0 rings (SSSR count). The molecule has 0 aliphatic carbocycles. The highest BCUT2D eigenvalue weighted by Crippen LogP contribution is 2.36. The van der Waals surface area contributed by atoms with E-state index < -0.39 is 8.60 Å². The third-order valence-corrected chi connectivity index (χ3v) is 3.51. The van der Waals surface area contributed by atoms with Crippen molar-refractivity contribution < 1.29 is 23.5 Å². The van der Waals surface area contributed by atoms with Crippen molar-refractivity contribution in [1.82, 2.24) is 0 Å². The van der Waals surface area contributed by atoms with E-state index in [1.807, 2.05) is 0 Å². The molecule has 0 aromatic heterocycles. The van der Waals surface area contributed by atoms with Crippen LogP contribution in [-0.4, -0.2) is 37.2 Å². The topological polar surface area (TPSA) is 91.0 Å². The zero-order chi connectivity index (χ0) is 17.2. The summed E-state index contributed by atoms with van der Waals surface area (Å²) in [7, 11) is -1.88. The van der Waals surface area contributed by atoms with Crippen molar-refractivity contribution in [3.05, 3.63) is 0 Å². The first-order valence-electron chi connectivity index (χ1n) is 7.66. The van der Waals surface area contributed by atoms with Crippen molar-refractivity contribution in [3.63, 3.8) is 0 Å². The summed E-state index contributed by atoms with van der Waals surface area (Å²) >= 11 is 0. The molecule has 0 amide bonds. The van der Waals surface area contributed by atoms with Gasteiger partial charge in [-0.3, -0.25) is 4.79 Å². The lowest BCUT2D eigenvalue weighted by molar-refractivity contribution is -0.146. The molecule has 0 aliphatic heterocycles. The van der Waals surface area contributed by atoms with E-state index in [1.54, 1.807) is 0 Å². The van der Waals surface area contributed by atoms with Gasteiger partial charge in [-0.25, -0.2) is 0 Å². The second-order valence-electron chi connectivity index (χ2n) is 7.35. The molecule has 0 aromatic carbocycles. The molecule has 0 aliphatic rings. The molecule has 0 bridgehead atoms. The number of ether oxygens (including phenoxy) is 1. The lowest BCUT2D eigenvalue weighted by atomic mass is 9.74. The highest BCUT2D eigenvalue weighted by molar-refractivity contribution is 7.40. The molecule has 1 atom stereocenters. The van der Waals surface area contributed by atoms with Gasteiger partial charge in [-0.05, 0) is 17.3 Å². The monoisotopic (exact) mass is 337 g/mol. The van der Waals surface area contributed by atoms with E-state index >= 15 is 0 Å². The van der Waals surface area contributed by atoms with Crippen LogP contribution in [-0.2, 0) is 18.6 Å². The Morgan fingerprint density at radius 3 is 2.23 bits per heavy atom. The number of carbonyl (C=O) groups excluding carboxylic acids is 1. The van der Waals surface area contributed by atoms with Gasteiger partial charge in [-0.2, -0.15) is 0 Å². The van der Waals surface area contributed by atoms with E-state index in [0.717, 1.165) is 6.42 Å². The Labute approximate surface area is 135 Å². The first kappa shape index (κ1) is 21.7. The molecule has 0 saturated heterocycles. The Morgan fingerprint density at radius 2 is 1.68 bits per heavy atom. The lowest BCUT2D eigenvalue weighted by Gasteiger charge is -2.31. The summed E-state index contributed by atoms with van der Waals surface area (Å²) in [6.07, 6.45) is 1.87. The quantitative estimate of drug-likeness (QED) is 0.342. The molecule has 0 aromatic rings. The third-order valence-electron chi connectivity index (χ3n) is 2.70. The maximum Gasteiger partial charge on any atom is 0.329 e. The van der Waals surface area contributed by atoms with E-state index in [2.05, 4.69) is 34.6 Å². The fourth-order valence-electron chi connectivity index (χ4n) is 2.50. The van der Waals surface area contributed by atoms with Crippen LogP contribution in [0, 0.1) is 10.8 Å². The number of rotatable bonds is 11. The molecule has 22 heavy (non-hydrogen) atoms. The van der Waals surface area contributed by atoms with Crippen LogP contribution in [0.3, 0.4) is 0 Å². The summed E-state index contributed by atoms with van der Waals surface area (Å²) in [6, 6.07) is 0. The van der Waals surface area contributed by atoms with Gasteiger partial charge < -0.3 is 24.4 Å². The molecule has 0 heterocycles. The molecule has 3 N–H and O–H groups in total. The maximum atomic E-state index is 11.8. The predicted octanol–water partition coefficient (Wildman–Crippen LogP) is 2.98. The van der Waals surface area contributed by atoms with Gasteiger partial charge in [0.15, 0.2) is 0 Å². The zero-order valence-corrected chi connectivity index (χ0v) is 15.4. The third kappa shape index (κ3) is 13.4.